The first-order chi connectivity index (χ1) is 3.91. The van der Waals surface area contributed by atoms with Crippen molar-refractivity contribution in [2.45, 2.75) is 12.8 Å². The first kappa shape index (κ1) is 7.50. The monoisotopic (exact) mass is 116 g/mol. The molecule has 0 aliphatic heterocycles. The van der Waals surface area contributed by atoms with Crippen molar-refractivity contribution in [2.24, 2.45) is 0 Å². The van der Waals surface area contributed by atoms with E-state index in [1.54, 1.807) is 13.4 Å². The lowest BCUT2D eigenvalue weighted by Crippen LogP contribution is -1.78. The van der Waals surface area contributed by atoms with Gasteiger partial charge in [-0.1, -0.05) is 0 Å². The van der Waals surface area contributed by atoms with Crippen molar-refractivity contribution in [1.82, 2.24) is 0 Å². The highest BCUT2D eigenvalue weighted by Gasteiger charge is 1.75. The van der Waals surface area contributed by atoms with Crippen molar-refractivity contribution in [3.8, 4) is 0 Å². The van der Waals surface area contributed by atoms with E-state index in [0.717, 1.165) is 12.8 Å². The molecule has 0 rings (SSSR count). The van der Waals surface area contributed by atoms with Gasteiger partial charge in [0.15, 0.2) is 0 Å². The highest BCUT2D eigenvalue weighted by atomic mass is 16.5. The van der Waals surface area contributed by atoms with Gasteiger partial charge in [0, 0.05) is 6.61 Å². The van der Waals surface area contributed by atoms with Crippen LogP contribution in [0.4, 0.5) is 0 Å². The van der Waals surface area contributed by atoms with Crippen LogP contribution in [0, 0.1) is 0 Å². The summed E-state index contributed by atoms with van der Waals surface area (Å²) in [4.78, 5) is 0. The summed E-state index contributed by atoms with van der Waals surface area (Å²) >= 11 is 0. The van der Waals surface area contributed by atoms with Gasteiger partial charge in [0.1, 0.15) is 0 Å². The number of hydrogen-bond donors (Lipinski definition) is 1. The topological polar surface area (TPSA) is 29.5 Å². The Morgan fingerprint density at radius 2 is 2.38 bits per heavy atom. The molecule has 0 saturated heterocycles. The van der Waals surface area contributed by atoms with E-state index in [-0.39, 0.29) is 6.61 Å². The summed E-state index contributed by atoms with van der Waals surface area (Å²) in [6.45, 7) is 0.258. The van der Waals surface area contributed by atoms with E-state index >= 15 is 0 Å². The maximum Gasteiger partial charge on any atom is 0.0784 e. The normalized spacial score (nSPS) is 10.2. The number of allylic oxidation sites excluding steroid dienone is 1. The average molecular weight is 116 g/mol. The van der Waals surface area contributed by atoms with Crippen LogP contribution in [0.25, 0.3) is 0 Å². The molecule has 0 heterocycles. The molecule has 8 heavy (non-hydrogen) atoms. The fourth-order valence-corrected chi connectivity index (χ4v) is 0.373. The Hall–Kier alpha value is -0.500. The highest BCUT2D eigenvalue weighted by Crippen LogP contribution is 1.87. The van der Waals surface area contributed by atoms with Gasteiger partial charge in [-0.25, -0.2) is 0 Å². The Morgan fingerprint density at radius 1 is 1.62 bits per heavy atom. The molecule has 0 atom stereocenters. The predicted molar refractivity (Wildman–Crippen MR) is 32.5 cm³/mol. The number of aliphatic hydroxyl groups is 1. The molecule has 0 radical (unpaired) electrons. The quantitative estimate of drug-likeness (QED) is 0.437. The van der Waals surface area contributed by atoms with Crippen LogP contribution in [0.2, 0.25) is 0 Å². The summed E-state index contributed by atoms with van der Waals surface area (Å²) < 4.78 is 4.63. The van der Waals surface area contributed by atoms with E-state index in [9.17, 15) is 0 Å². The van der Waals surface area contributed by atoms with Crippen molar-refractivity contribution in [3.63, 3.8) is 0 Å². The number of hydrogen-bond acceptors (Lipinski definition) is 2. The van der Waals surface area contributed by atoms with Crippen LogP contribution in [-0.4, -0.2) is 18.8 Å². The maximum atomic E-state index is 8.29. The number of ether oxygens (including phenoxy) is 1. The van der Waals surface area contributed by atoms with Crippen LogP contribution in [0.5, 0.6) is 0 Å². The summed E-state index contributed by atoms with van der Waals surface area (Å²) in [5.41, 5.74) is 0. The smallest absolute Gasteiger partial charge is 0.0784 e. The second-order valence-electron chi connectivity index (χ2n) is 1.47. The Balaban J connectivity index is 2.80. The maximum absolute atomic E-state index is 8.29. The lowest BCUT2D eigenvalue weighted by molar-refractivity contribution is 0.288. The van der Waals surface area contributed by atoms with Crippen molar-refractivity contribution < 1.29 is 9.84 Å². The number of unbranched alkanes of at least 4 members (excludes halogenated alkanes) is 1. The number of methoxy groups -OCH3 is 1. The molecule has 0 bridgehead atoms. The minimum absolute atomic E-state index is 0.258. The van der Waals surface area contributed by atoms with Gasteiger partial charge in [0.2, 0.25) is 0 Å². The minimum Gasteiger partial charge on any atom is -0.505 e. The van der Waals surface area contributed by atoms with E-state index in [2.05, 4.69) is 4.74 Å². The molecule has 0 unspecified atom stereocenters. The number of rotatable bonds is 4. The molecule has 0 aliphatic rings. The summed E-state index contributed by atoms with van der Waals surface area (Å²) in [7, 11) is 1.61. The van der Waals surface area contributed by atoms with Crippen LogP contribution in [0.1, 0.15) is 12.8 Å². The summed E-state index contributed by atoms with van der Waals surface area (Å²) in [5, 5.41) is 8.29. The Bertz CT molecular complexity index is 59.5. The molecular formula is C6H12O2. The molecule has 0 aromatic rings. The first-order valence-corrected chi connectivity index (χ1v) is 2.70. The second-order valence-corrected chi connectivity index (χ2v) is 1.47. The molecular weight excluding hydrogens is 104 g/mol. The summed E-state index contributed by atoms with van der Waals surface area (Å²) in [5.74, 6) is 0. The summed E-state index contributed by atoms with van der Waals surface area (Å²) in [6.07, 6.45) is 5.22. The molecule has 48 valence electrons. The lowest BCUT2D eigenvalue weighted by Gasteiger charge is -1.87. The zero-order chi connectivity index (χ0) is 6.24. The Labute approximate surface area is 49.8 Å². The van der Waals surface area contributed by atoms with E-state index in [0.29, 0.717) is 0 Å². The largest absolute Gasteiger partial charge is 0.505 e. The lowest BCUT2D eigenvalue weighted by atomic mass is 10.3. The first-order valence-electron chi connectivity index (χ1n) is 2.70. The predicted octanol–water partition coefficient (Wildman–Crippen LogP) is 0.919. The third-order valence-corrected chi connectivity index (χ3v) is 0.761. The Morgan fingerprint density at radius 3 is 2.88 bits per heavy atom. The van der Waals surface area contributed by atoms with Gasteiger partial charge in [0.25, 0.3) is 0 Å². The van der Waals surface area contributed by atoms with Gasteiger partial charge in [0.05, 0.1) is 13.4 Å². The van der Waals surface area contributed by atoms with Crippen LogP contribution in [0.15, 0.2) is 12.3 Å². The van der Waals surface area contributed by atoms with E-state index in [1.165, 1.54) is 0 Å². The zero-order valence-electron chi connectivity index (χ0n) is 5.13. The fraction of sp³-hybridized carbons (Fsp3) is 0.667. The fourth-order valence-electron chi connectivity index (χ4n) is 0.373. The highest BCUT2D eigenvalue weighted by molar-refractivity contribution is 4.71. The standard InChI is InChI=1S/C6H12O2/c1-8-6-4-2-3-5-7/h4,6-7H,2-3,5H2,1H3/b6-4+. The summed E-state index contributed by atoms with van der Waals surface area (Å²) in [6, 6.07) is 0. The SMILES string of the molecule is CO/C=C/CCCO. The van der Waals surface area contributed by atoms with Gasteiger partial charge >= 0.3 is 0 Å². The van der Waals surface area contributed by atoms with Gasteiger partial charge in [-0.3, -0.25) is 0 Å². The van der Waals surface area contributed by atoms with E-state index in [4.69, 9.17) is 5.11 Å². The molecule has 0 amide bonds. The molecule has 0 spiro atoms. The third-order valence-electron chi connectivity index (χ3n) is 0.761. The van der Waals surface area contributed by atoms with Crippen LogP contribution in [0.3, 0.4) is 0 Å². The average Bonchev–Trinajstić information content (AvgIpc) is 1.81. The molecule has 0 aliphatic carbocycles. The third kappa shape index (κ3) is 5.50. The van der Waals surface area contributed by atoms with Crippen LogP contribution in [-0.2, 0) is 4.74 Å². The van der Waals surface area contributed by atoms with E-state index in [1.807, 2.05) is 6.08 Å². The van der Waals surface area contributed by atoms with Gasteiger partial charge in [-0.15, -0.1) is 0 Å². The molecule has 0 fully saturated rings. The number of aliphatic hydroxyl groups excluding tert-OH is 1. The zero-order valence-corrected chi connectivity index (χ0v) is 5.13. The van der Waals surface area contributed by atoms with Crippen LogP contribution >= 0.6 is 0 Å². The van der Waals surface area contributed by atoms with Crippen molar-refractivity contribution in [3.05, 3.63) is 12.3 Å². The van der Waals surface area contributed by atoms with Gasteiger partial charge in [-0.2, -0.15) is 0 Å². The van der Waals surface area contributed by atoms with Crippen molar-refractivity contribution >= 4 is 0 Å². The minimum atomic E-state index is 0.258. The van der Waals surface area contributed by atoms with Gasteiger partial charge < -0.3 is 9.84 Å². The van der Waals surface area contributed by atoms with E-state index < -0.39 is 0 Å². The molecule has 0 aromatic heterocycles. The molecule has 0 saturated carbocycles. The van der Waals surface area contributed by atoms with Gasteiger partial charge in [-0.05, 0) is 18.9 Å². The second kappa shape index (κ2) is 6.50. The molecule has 2 nitrogen and oxygen atoms in total. The molecule has 0 aromatic carbocycles. The Kier molecular flexibility index (Phi) is 6.09. The van der Waals surface area contributed by atoms with Crippen molar-refractivity contribution in [1.29, 1.82) is 0 Å². The van der Waals surface area contributed by atoms with Crippen LogP contribution < -0.4 is 0 Å². The molecule has 2 heteroatoms. The molecule has 1 N–H and O–H groups in total. The van der Waals surface area contributed by atoms with Crippen molar-refractivity contribution in [2.75, 3.05) is 13.7 Å².